The molecule has 1 N–H and O–H groups in total. The Morgan fingerprint density at radius 2 is 1.80 bits per heavy atom. The van der Waals surface area contributed by atoms with Gasteiger partial charge in [-0.3, -0.25) is 0 Å². The summed E-state index contributed by atoms with van der Waals surface area (Å²) in [6.07, 6.45) is 3.61. The predicted octanol–water partition coefficient (Wildman–Crippen LogP) is 4.45. The Bertz CT molecular complexity index is 538. The van der Waals surface area contributed by atoms with Crippen LogP contribution in [0.5, 0.6) is 0 Å². The molecule has 0 saturated carbocycles. The molecule has 0 bridgehead atoms. The smallest absolute Gasteiger partial charge is 0.0339 e. The topological polar surface area (TPSA) is 12.0 Å². The van der Waals surface area contributed by atoms with Gasteiger partial charge in [0.15, 0.2) is 0 Å². The molecular weight excluding hydrogens is 262 g/mol. The summed E-state index contributed by atoms with van der Waals surface area (Å²) < 4.78 is 0. The van der Waals surface area contributed by atoms with Gasteiger partial charge in [0.1, 0.15) is 0 Å². The molecular formula is C18H21NS. The molecule has 1 nitrogen and oxygen atoms in total. The molecule has 3 rings (SSSR count). The van der Waals surface area contributed by atoms with Crippen molar-refractivity contribution in [1.82, 2.24) is 5.32 Å². The fraction of sp³-hybridized carbons (Fsp3) is 0.333. The van der Waals surface area contributed by atoms with Crippen molar-refractivity contribution >= 4 is 11.8 Å². The zero-order valence-corrected chi connectivity index (χ0v) is 12.5. The first-order valence-electron chi connectivity index (χ1n) is 7.42. The molecule has 2 aromatic carbocycles. The van der Waals surface area contributed by atoms with E-state index in [4.69, 9.17) is 0 Å². The molecule has 0 saturated heterocycles. The fourth-order valence-corrected chi connectivity index (χ4v) is 3.89. The third-order valence-corrected chi connectivity index (χ3v) is 4.96. The normalized spacial score (nSPS) is 17.7. The van der Waals surface area contributed by atoms with E-state index in [1.807, 2.05) is 11.8 Å². The number of benzene rings is 2. The second kappa shape index (κ2) is 6.96. The lowest BCUT2D eigenvalue weighted by atomic mass is 10.0. The Kier molecular flexibility index (Phi) is 4.77. The standard InChI is InChI=1S/C18H21NS/c1-2-7-15(8-3-1)9-6-13-19-17-12-14-20-18-11-5-4-10-16(17)18/h1-5,7-8,10-11,17,19H,6,9,12-14H2. The van der Waals surface area contributed by atoms with Crippen LogP contribution in [0.2, 0.25) is 0 Å². The zero-order valence-electron chi connectivity index (χ0n) is 11.7. The molecule has 1 unspecified atom stereocenters. The highest BCUT2D eigenvalue weighted by molar-refractivity contribution is 7.99. The minimum Gasteiger partial charge on any atom is -0.310 e. The second-order valence-electron chi connectivity index (χ2n) is 5.27. The van der Waals surface area contributed by atoms with E-state index in [-0.39, 0.29) is 0 Å². The summed E-state index contributed by atoms with van der Waals surface area (Å²) in [6, 6.07) is 20.1. The van der Waals surface area contributed by atoms with Crippen molar-refractivity contribution in [2.45, 2.75) is 30.2 Å². The van der Waals surface area contributed by atoms with Crippen LogP contribution in [0.25, 0.3) is 0 Å². The van der Waals surface area contributed by atoms with Crippen molar-refractivity contribution in [3.8, 4) is 0 Å². The third-order valence-electron chi connectivity index (χ3n) is 3.83. The van der Waals surface area contributed by atoms with Gasteiger partial charge in [0, 0.05) is 10.9 Å². The maximum absolute atomic E-state index is 3.73. The minimum atomic E-state index is 0.545. The Morgan fingerprint density at radius 1 is 1.00 bits per heavy atom. The van der Waals surface area contributed by atoms with Gasteiger partial charge in [-0.05, 0) is 48.8 Å². The minimum absolute atomic E-state index is 0.545. The Morgan fingerprint density at radius 3 is 2.70 bits per heavy atom. The van der Waals surface area contributed by atoms with E-state index in [0.29, 0.717) is 6.04 Å². The lowest BCUT2D eigenvalue weighted by molar-refractivity contribution is 0.502. The van der Waals surface area contributed by atoms with E-state index >= 15 is 0 Å². The average molecular weight is 283 g/mol. The first kappa shape index (κ1) is 13.7. The number of aryl methyl sites for hydroxylation is 1. The number of nitrogens with one attached hydrogen (secondary N) is 1. The number of thioether (sulfide) groups is 1. The van der Waals surface area contributed by atoms with Crippen molar-refractivity contribution in [2.24, 2.45) is 0 Å². The van der Waals surface area contributed by atoms with Gasteiger partial charge in [-0.2, -0.15) is 0 Å². The third kappa shape index (κ3) is 3.44. The summed E-state index contributed by atoms with van der Waals surface area (Å²) in [5.41, 5.74) is 2.93. The van der Waals surface area contributed by atoms with Gasteiger partial charge in [-0.25, -0.2) is 0 Å². The zero-order chi connectivity index (χ0) is 13.6. The molecule has 0 aromatic heterocycles. The highest BCUT2D eigenvalue weighted by atomic mass is 32.2. The maximum Gasteiger partial charge on any atom is 0.0339 e. The van der Waals surface area contributed by atoms with Gasteiger partial charge in [0.05, 0.1) is 0 Å². The Hall–Kier alpha value is -1.25. The van der Waals surface area contributed by atoms with Crippen LogP contribution < -0.4 is 5.32 Å². The fourth-order valence-electron chi connectivity index (χ4n) is 2.77. The van der Waals surface area contributed by atoms with E-state index in [1.165, 1.54) is 34.6 Å². The largest absolute Gasteiger partial charge is 0.310 e. The van der Waals surface area contributed by atoms with Gasteiger partial charge < -0.3 is 5.32 Å². The van der Waals surface area contributed by atoms with Crippen LogP contribution in [0.4, 0.5) is 0 Å². The van der Waals surface area contributed by atoms with Crippen LogP contribution in [-0.2, 0) is 6.42 Å². The van der Waals surface area contributed by atoms with Crippen molar-refractivity contribution in [2.75, 3.05) is 12.3 Å². The molecule has 104 valence electrons. The number of fused-ring (bicyclic) bond motifs is 1. The summed E-state index contributed by atoms with van der Waals surface area (Å²) in [4.78, 5) is 1.46. The molecule has 1 aliphatic rings. The Balaban J connectivity index is 1.50. The van der Waals surface area contributed by atoms with Crippen molar-refractivity contribution in [3.63, 3.8) is 0 Å². The summed E-state index contributed by atoms with van der Waals surface area (Å²) in [5, 5.41) is 3.73. The molecule has 1 atom stereocenters. The van der Waals surface area contributed by atoms with E-state index in [2.05, 4.69) is 59.9 Å². The van der Waals surface area contributed by atoms with Crippen LogP contribution in [0.1, 0.15) is 30.0 Å². The molecule has 0 aliphatic carbocycles. The molecule has 1 aliphatic heterocycles. The molecule has 2 heteroatoms. The van der Waals surface area contributed by atoms with E-state index in [1.54, 1.807) is 0 Å². The SMILES string of the molecule is c1ccc(CCCNC2CCSc3ccccc32)cc1. The monoisotopic (exact) mass is 283 g/mol. The molecule has 20 heavy (non-hydrogen) atoms. The average Bonchev–Trinajstić information content (AvgIpc) is 2.53. The van der Waals surface area contributed by atoms with Crippen molar-refractivity contribution in [1.29, 1.82) is 0 Å². The van der Waals surface area contributed by atoms with Gasteiger partial charge >= 0.3 is 0 Å². The predicted molar refractivity (Wildman–Crippen MR) is 87.3 cm³/mol. The summed E-state index contributed by atoms with van der Waals surface area (Å²) >= 11 is 1.99. The van der Waals surface area contributed by atoms with Crippen LogP contribution in [0.15, 0.2) is 59.5 Å². The van der Waals surface area contributed by atoms with Crippen LogP contribution in [0.3, 0.4) is 0 Å². The van der Waals surface area contributed by atoms with Crippen LogP contribution in [-0.4, -0.2) is 12.3 Å². The van der Waals surface area contributed by atoms with E-state index in [9.17, 15) is 0 Å². The van der Waals surface area contributed by atoms with Gasteiger partial charge in [0.2, 0.25) is 0 Å². The number of hydrogen-bond acceptors (Lipinski definition) is 2. The quantitative estimate of drug-likeness (QED) is 0.814. The highest BCUT2D eigenvalue weighted by Crippen LogP contribution is 2.35. The molecule has 2 aromatic rings. The van der Waals surface area contributed by atoms with Crippen molar-refractivity contribution < 1.29 is 0 Å². The highest BCUT2D eigenvalue weighted by Gasteiger charge is 2.19. The van der Waals surface area contributed by atoms with Crippen molar-refractivity contribution in [3.05, 3.63) is 65.7 Å². The first-order chi connectivity index (χ1) is 9.93. The Labute approximate surface area is 125 Å². The van der Waals surface area contributed by atoms with Gasteiger partial charge in [0.25, 0.3) is 0 Å². The number of rotatable bonds is 5. The summed E-state index contributed by atoms with van der Waals surface area (Å²) in [7, 11) is 0. The summed E-state index contributed by atoms with van der Waals surface area (Å²) in [5.74, 6) is 1.23. The van der Waals surface area contributed by atoms with Crippen LogP contribution >= 0.6 is 11.8 Å². The van der Waals surface area contributed by atoms with Gasteiger partial charge in [-0.15, -0.1) is 11.8 Å². The molecule has 0 fully saturated rings. The van der Waals surface area contributed by atoms with E-state index in [0.717, 1.165) is 13.0 Å². The second-order valence-corrected chi connectivity index (χ2v) is 6.41. The molecule has 1 heterocycles. The first-order valence-corrected chi connectivity index (χ1v) is 8.41. The maximum atomic E-state index is 3.73. The molecule has 0 amide bonds. The molecule has 0 radical (unpaired) electrons. The van der Waals surface area contributed by atoms with Gasteiger partial charge in [-0.1, -0.05) is 48.5 Å². The lowest BCUT2D eigenvalue weighted by Crippen LogP contribution is -2.25. The summed E-state index contributed by atoms with van der Waals surface area (Å²) in [6.45, 7) is 1.10. The molecule has 0 spiro atoms. The lowest BCUT2D eigenvalue weighted by Gasteiger charge is -2.26. The van der Waals surface area contributed by atoms with E-state index < -0.39 is 0 Å². The van der Waals surface area contributed by atoms with Crippen LogP contribution in [0, 0.1) is 0 Å². The number of hydrogen-bond donors (Lipinski definition) is 1.